The Kier molecular flexibility index (Phi) is 11.6. The fourth-order valence-electron chi connectivity index (χ4n) is 3.44. The van der Waals surface area contributed by atoms with Crippen LogP contribution in [0.4, 0.5) is 0 Å². The van der Waals surface area contributed by atoms with Gasteiger partial charge < -0.3 is 29.8 Å². The van der Waals surface area contributed by atoms with E-state index in [-0.39, 0.29) is 41.5 Å². The van der Waals surface area contributed by atoms with Gasteiger partial charge in [0.25, 0.3) is 0 Å². The third kappa shape index (κ3) is 9.38. The highest BCUT2D eigenvalue weighted by Gasteiger charge is 2.38. The number of esters is 4. The van der Waals surface area contributed by atoms with Crippen molar-refractivity contribution in [3.63, 3.8) is 0 Å². The van der Waals surface area contributed by atoms with Gasteiger partial charge in [-0.1, -0.05) is 42.5 Å². The molecule has 1 atom stereocenters. The zero-order valence-electron chi connectivity index (χ0n) is 23.9. The van der Waals surface area contributed by atoms with E-state index in [1.54, 1.807) is 36.4 Å². The first-order valence-electron chi connectivity index (χ1n) is 12.8. The van der Waals surface area contributed by atoms with Crippen LogP contribution in [0.2, 0.25) is 0 Å². The Morgan fingerprint density at radius 2 is 1.12 bits per heavy atom. The molecule has 0 saturated carbocycles. The summed E-state index contributed by atoms with van der Waals surface area (Å²) in [4.78, 5) is 62.6. The number of carbonyl (C=O) groups is 5. The molecule has 3 aromatic rings. The van der Waals surface area contributed by atoms with Crippen LogP contribution in [0, 0.1) is 0 Å². The molecule has 0 saturated heterocycles. The Hall–Kier alpha value is -4.74. The predicted octanol–water partition coefficient (Wildman–Crippen LogP) is 4.14. The second-order valence-electron chi connectivity index (χ2n) is 10.2. The number of aliphatic carboxylic acids is 1. The molecule has 3 aromatic carbocycles. The van der Waals surface area contributed by atoms with E-state index in [1.165, 1.54) is 70.2 Å². The second-order valence-corrected chi connectivity index (χ2v) is 10.2. The van der Waals surface area contributed by atoms with E-state index in [0.717, 1.165) is 0 Å². The molecule has 43 heavy (non-hydrogen) atoms. The van der Waals surface area contributed by atoms with E-state index < -0.39 is 47.1 Å². The SMILES string of the molecule is CC(C)(OC(=O)c1ccccc1)C(=O)Oc1ccc(CC(N)C(=O)O)cc1OC(=O)C(C)(C)OC(=O)c1ccccc1.Cl. The first kappa shape index (κ1) is 34.5. The molecule has 0 spiro atoms. The van der Waals surface area contributed by atoms with Crippen molar-refractivity contribution in [1.82, 2.24) is 0 Å². The van der Waals surface area contributed by atoms with E-state index >= 15 is 0 Å². The van der Waals surface area contributed by atoms with Crippen molar-refractivity contribution in [2.75, 3.05) is 0 Å². The summed E-state index contributed by atoms with van der Waals surface area (Å²) in [6, 6.07) is 18.8. The molecule has 228 valence electrons. The molecule has 1 unspecified atom stereocenters. The van der Waals surface area contributed by atoms with E-state index in [2.05, 4.69) is 0 Å². The molecule has 3 N–H and O–H groups in total. The topological polar surface area (TPSA) is 169 Å². The molecule has 0 aromatic heterocycles. The quantitative estimate of drug-likeness (QED) is 0.235. The highest BCUT2D eigenvalue weighted by Crippen LogP contribution is 2.32. The highest BCUT2D eigenvalue weighted by molar-refractivity contribution is 5.94. The third-order valence-electron chi connectivity index (χ3n) is 5.88. The van der Waals surface area contributed by atoms with Crippen LogP contribution in [0.1, 0.15) is 54.0 Å². The normalized spacial score (nSPS) is 11.7. The van der Waals surface area contributed by atoms with E-state index in [0.29, 0.717) is 5.56 Å². The highest BCUT2D eigenvalue weighted by atomic mass is 35.5. The summed E-state index contributed by atoms with van der Waals surface area (Å²) in [5, 5.41) is 9.19. The number of hydrogen-bond acceptors (Lipinski definition) is 10. The van der Waals surface area contributed by atoms with Crippen molar-refractivity contribution in [3.05, 3.63) is 95.6 Å². The van der Waals surface area contributed by atoms with Gasteiger partial charge in [0.2, 0.25) is 11.2 Å². The molecule has 11 nitrogen and oxygen atoms in total. The van der Waals surface area contributed by atoms with Crippen LogP contribution in [0.5, 0.6) is 11.5 Å². The minimum atomic E-state index is -1.79. The molecule has 0 bridgehead atoms. The Balaban J connectivity index is 0.00000645. The molecule has 0 aliphatic rings. The number of carboxylic acid groups (broad SMARTS) is 1. The van der Waals surface area contributed by atoms with Crippen LogP contribution in [0.15, 0.2) is 78.9 Å². The summed E-state index contributed by atoms with van der Waals surface area (Å²) >= 11 is 0. The maximum atomic E-state index is 13.2. The monoisotopic (exact) mass is 613 g/mol. The summed E-state index contributed by atoms with van der Waals surface area (Å²) < 4.78 is 21.7. The molecule has 0 amide bonds. The van der Waals surface area contributed by atoms with Crippen LogP contribution >= 0.6 is 12.4 Å². The van der Waals surface area contributed by atoms with Gasteiger partial charge in [0.15, 0.2) is 11.5 Å². The second kappa shape index (κ2) is 14.4. The van der Waals surface area contributed by atoms with E-state index in [1.807, 2.05) is 0 Å². The van der Waals surface area contributed by atoms with Crippen LogP contribution in [-0.2, 0) is 30.3 Å². The van der Waals surface area contributed by atoms with Crippen LogP contribution < -0.4 is 15.2 Å². The zero-order chi connectivity index (χ0) is 31.1. The number of ether oxygens (including phenoxy) is 4. The molecular formula is C31H32ClNO10. The number of rotatable bonds is 11. The van der Waals surface area contributed by atoms with Gasteiger partial charge in [-0.05, 0) is 76.1 Å². The summed E-state index contributed by atoms with van der Waals surface area (Å²) in [6.07, 6.45) is -0.138. The number of carbonyl (C=O) groups excluding carboxylic acids is 4. The lowest BCUT2D eigenvalue weighted by Crippen LogP contribution is -2.41. The Morgan fingerprint density at radius 1 is 0.698 bits per heavy atom. The first-order valence-corrected chi connectivity index (χ1v) is 12.8. The van der Waals surface area contributed by atoms with Crippen LogP contribution in [-0.4, -0.2) is 52.2 Å². The number of hydrogen-bond donors (Lipinski definition) is 2. The van der Waals surface area contributed by atoms with Gasteiger partial charge >= 0.3 is 29.8 Å². The van der Waals surface area contributed by atoms with Gasteiger partial charge in [-0.15, -0.1) is 12.4 Å². The molecule has 0 radical (unpaired) electrons. The minimum Gasteiger partial charge on any atom is -0.480 e. The average Bonchev–Trinajstić information content (AvgIpc) is 2.94. The van der Waals surface area contributed by atoms with Gasteiger partial charge in [-0.2, -0.15) is 0 Å². The Bertz CT molecular complexity index is 1470. The van der Waals surface area contributed by atoms with Gasteiger partial charge in [-0.25, -0.2) is 19.2 Å². The lowest BCUT2D eigenvalue weighted by molar-refractivity contribution is -0.155. The van der Waals surface area contributed by atoms with Crippen molar-refractivity contribution in [2.45, 2.75) is 51.4 Å². The van der Waals surface area contributed by atoms with Gasteiger partial charge in [0.1, 0.15) is 6.04 Å². The lowest BCUT2D eigenvalue weighted by atomic mass is 10.1. The molecule has 3 rings (SSSR count). The lowest BCUT2D eigenvalue weighted by Gasteiger charge is -2.25. The maximum absolute atomic E-state index is 13.2. The Labute approximate surface area is 254 Å². The van der Waals surface area contributed by atoms with E-state index in [4.69, 9.17) is 24.7 Å². The minimum absolute atomic E-state index is 0. The standard InChI is InChI=1S/C31H31NO10.ClH/c1-30(2,41-26(35)20-11-7-5-8-12-20)28(37)39-23-16-15-19(17-22(32)25(33)34)18-24(23)40-29(38)31(3,4)42-27(36)21-13-9-6-10-14-21;/h5-16,18,22H,17,32H2,1-4H3,(H,33,34);1H. The van der Waals surface area contributed by atoms with Crippen LogP contribution in [0.3, 0.4) is 0 Å². The largest absolute Gasteiger partial charge is 0.480 e. The van der Waals surface area contributed by atoms with Crippen molar-refractivity contribution in [3.8, 4) is 11.5 Å². The number of nitrogens with two attached hydrogens (primary N) is 1. The number of halogens is 1. The summed E-state index contributed by atoms with van der Waals surface area (Å²) in [7, 11) is 0. The first-order chi connectivity index (χ1) is 19.7. The molecule has 0 fully saturated rings. The molecule has 0 aliphatic heterocycles. The zero-order valence-corrected chi connectivity index (χ0v) is 24.7. The molecular weight excluding hydrogens is 582 g/mol. The van der Waals surface area contributed by atoms with Gasteiger partial charge in [0.05, 0.1) is 11.1 Å². The molecule has 12 heteroatoms. The summed E-state index contributed by atoms with van der Waals surface area (Å²) in [6.45, 7) is 5.29. The van der Waals surface area contributed by atoms with Gasteiger partial charge in [-0.3, -0.25) is 4.79 Å². The predicted molar refractivity (Wildman–Crippen MR) is 156 cm³/mol. The van der Waals surface area contributed by atoms with Crippen molar-refractivity contribution in [2.24, 2.45) is 5.73 Å². The number of benzene rings is 3. The summed E-state index contributed by atoms with van der Waals surface area (Å²) in [5.41, 5.74) is 2.89. The molecule has 0 heterocycles. The number of carboxylic acids is 1. The fourth-order valence-corrected chi connectivity index (χ4v) is 3.44. The Morgan fingerprint density at radius 3 is 1.53 bits per heavy atom. The van der Waals surface area contributed by atoms with E-state index in [9.17, 15) is 29.1 Å². The third-order valence-corrected chi connectivity index (χ3v) is 5.88. The van der Waals surface area contributed by atoms with Crippen molar-refractivity contribution in [1.29, 1.82) is 0 Å². The maximum Gasteiger partial charge on any atom is 0.355 e. The van der Waals surface area contributed by atoms with Gasteiger partial charge in [0, 0.05) is 0 Å². The average molecular weight is 614 g/mol. The smallest absolute Gasteiger partial charge is 0.355 e. The van der Waals surface area contributed by atoms with Crippen LogP contribution in [0.25, 0.3) is 0 Å². The summed E-state index contributed by atoms with van der Waals surface area (Å²) in [5.74, 6) is -5.31. The fraction of sp³-hybridized carbons (Fsp3) is 0.258. The van der Waals surface area contributed by atoms with Crippen molar-refractivity contribution < 1.29 is 48.0 Å². The van der Waals surface area contributed by atoms with Crippen molar-refractivity contribution >= 4 is 42.3 Å². The molecule has 0 aliphatic carbocycles.